The largest absolute Gasteiger partial charge is 0.480 e. The molecule has 3 heteroatoms. The van der Waals surface area contributed by atoms with Crippen LogP contribution in [0.25, 0.3) is 0 Å². The third-order valence-corrected chi connectivity index (χ3v) is 4.29. The van der Waals surface area contributed by atoms with Crippen LogP contribution in [0.1, 0.15) is 37.7 Å². The minimum atomic E-state index is -0.855. The number of carboxylic acids is 1. The Kier molecular flexibility index (Phi) is 2.86. The van der Waals surface area contributed by atoms with Gasteiger partial charge in [-0.1, -0.05) is 36.8 Å². The molecule has 1 atom stereocenters. The van der Waals surface area contributed by atoms with Crippen molar-refractivity contribution in [3.8, 4) is 0 Å². The Balaban J connectivity index is 1.97. The first-order valence-electron chi connectivity index (χ1n) is 6.80. The molecule has 3 rings (SSSR count). The number of rotatable bonds is 5. The van der Waals surface area contributed by atoms with E-state index in [2.05, 4.69) is 5.32 Å². The molecule has 2 saturated carbocycles. The third kappa shape index (κ3) is 1.83. The van der Waals surface area contributed by atoms with E-state index in [4.69, 9.17) is 0 Å². The lowest BCUT2D eigenvalue weighted by molar-refractivity contribution is -0.147. The van der Waals surface area contributed by atoms with E-state index in [0.29, 0.717) is 6.04 Å². The topological polar surface area (TPSA) is 49.3 Å². The Morgan fingerprint density at radius 3 is 2.28 bits per heavy atom. The molecule has 1 aromatic rings. The van der Waals surface area contributed by atoms with Crippen LogP contribution in [-0.4, -0.2) is 17.1 Å². The molecular formula is C15H19NO2. The molecule has 1 unspecified atom stereocenters. The van der Waals surface area contributed by atoms with Gasteiger partial charge in [0.2, 0.25) is 0 Å². The number of aliphatic carboxylic acids is 1. The van der Waals surface area contributed by atoms with Crippen molar-refractivity contribution in [2.45, 2.75) is 43.7 Å². The van der Waals surface area contributed by atoms with E-state index in [1.54, 1.807) is 0 Å². The maximum atomic E-state index is 11.9. The predicted molar refractivity (Wildman–Crippen MR) is 69.3 cm³/mol. The summed E-state index contributed by atoms with van der Waals surface area (Å²) in [6.45, 7) is 0. The molecule has 0 aromatic heterocycles. The van der Waals surface area contributed by atoms with Gasteiger partial charge in [0.25, 0.3) is 0 Å². The molecule has 0 amide bonds. The van der Waals surface area contributed by atoms with Gasteiger partial charge in [-0.25, -0.2) is 4.79 Å². The first kappa shape index (κ1) is 11.7. The Morgan fingerprint density at radius 1 is 1.17 bits per heavy atom. The first-order chi connectivity index (χ1) is 8.73. The van der Waals surface area contributed by atoms with Crippen molar-refractivity contribution in [2.24, 2.45) is 5.92 Å². The van der Waals surface area contributed by atoms with Crippen LogP contribution in [0.3, 0.4) is 0 Å². The summed E-state index contributed by atoms with van der Waals surface area (Å²) in [5.41, 5.74) is 0.0544. The van der Waals surface area contributed by atoms with E-state index in [1.165, 1.54) is 6.42 Å². The van der Waals surface area contributed by atoms with Crippen LogP contribution in [0.5, 0.6) is 0 Å². The van der Waals surface area contributed by atoms with Gasteiger partial charge in [0.05, 0.1) is 0 Å². The molecule has 2 N–H and O–H groups in total. The summed E-state index contributed by atoms with van der Waals surface area (Å²) in [7, 11) is 0. The average Bonchev–Trinajstić information content (AvgIpc) is 3.13. The van der Waals surface area contributed by atoms with E-state index < -0.39 is 11.5 Å². The van der Waals surface area contributed by atoms with Crippen molar-refractivity contribution in [1.82, 2.24) is 5.32 Å². The Labute approximate surface area is 107 Å². The highest BCUT2D eigenvalue weighted by Gasteiger charge is 2.53. The lowest BCUT2D eigenvalue weighted by Crippen LogP contribution is -2.56. The molecule has 0 heterocycles. The van der Waals surface area contributed by atoms with Crippen LogP contribution in [0.2, 0.25) is 0 Å². The number of carboxylic acid groups (broad SMARTS) is 1. The Hall–Kier alpha value is -1.35. The van der Waals surface area contributed by atoms with E-state index in [0.717, 1.165) is 31.2 Å². The quantitative estimate of drug-likeness (QED) is 0.838. The summed E-state index contributed by atoms with van der Waals surface area (Å²) in [6.07, 6.45) is 5.46. The van der Waals surface area contributed by atoms with Crippen molar-refractivity contribution in [1.29, 1.82) is 0 Å². The molecule has 0 radical (unpaired) electrons. The fourth-order valence-corrected chi connectivity index (χ4v) is 2.89. The molecule has 2 aliphatic rings. The number of nitrogens with one attached hydrogen (secondary N) is 1. The van der Waals surface area contributed by atoms with Crippen LogP contribution in [0.4, 0.5) is 0 Å². The third-order valence-electron chi connectivity index (χ3n) is 4.29. The van der Waals surface area contributed by atoms with Crippen LogP contribution < -0.4 is 5.32 Å². The molecule has 1 aromatic carbocycles. The predicted octanol–water partition coefficient (Wildman–Crippen LogP) is 2.52. The second-order valence-electron chi connectivity index (χ2n) is 5.53. The molecule has 2 aliphatic carbocycles. The van der Waals surface area contributed by atoms with E-state index in [9.17, 15) is 9.90 Å². The summed E-state index contributed by atoms with van der Waals surface area (Å²) >= 11 is 0. The molecule has 96 valence electrons. The fraction of sp³-hybridized carbons (Fsp3) is 0.533. The second-order valence-corrected chi connectivity index (χ2v) is 5.53. The average molecular weight is 245 g/mol. The summed E-state index contributed by atoms with van der Waals surface area (Å²) in [5, 5.41) is 13.2. The van der Waals surface area contributed by atoms with Gasteiger partial charge in [-0.2, -0.15) is 0 Å². The van der Waals surface area contributed by atoms with Gasteiger partial charge in [-0.3, -0.25) is 5.32 Å². The van der Waals surface area contributed by atoms with Gasteiger partial charge >= 0.3 is 5.97 Å². The van der Waals surface area contributed by atoms with Crippen LogP contribution >= 0.6 is 0 Å². The van der Waals surface area contributed by atoms with E-state index in [1.807, 2.05) is 30.3 Å². The van der Waals surface area contributed by atoms with Crippen LogP contribution in [0, 0.1) is 5.92 Å². The summed E-state index contributed by atoms with van der Waals surface area (Å²) in [4.78, 5) is 11.9. The van der Waals surface area contributed by atoms with Gasteiger partial charge in [0.15, 0.2) is 0 Å². The zero-order chi connectivity index (χ0) is 12.6. The summed E-state index contributed by atoms with van der Waals surface area (Å²) in [5.74, 6) is -0.471. The van der Waals surface area contributed by atoms with Gasteiger partial charge < -0.3 is 5.11 Å². The SMILES string of the molecule is O=C(O)C(NC1CCC1)(c1ccccc1)C1CC1. The first-order valence-corrected chi connectivity index (χ1v) is 6.80. The highest BCUT2D eigenvalue weighted by atomic mass is 16.4. The Morgan fingerprint density at radius 2 is 1.83 bits per heavy atom. The number of hydrogen-bond donors (Lipinski definition) is 2. The van der Waals surface area contributed by atoms with Gasteiger partial charge in [0.1, 0.15) is 5.54 Å². The van der Waals surface area contributed by atoms with Gasteiger partial charge in [0, 0.05) is 6.04 Å². The molecule has 3 nitrogen and oxygen atoms in total. The molecule has 0 bridgehead atoms. The molecule has 2 fully saturated rings. The normalized spacial score (nSPS) is 23.1. The lowest BCUT2D eigenvalue weighted by atomic mass is 9.81. The number of hydrogen-bond acceptors (Lipinski definition) is 2. The molecule has 0 spiro atoms. The standard InChI is InChI=1S/C15H19NO2/c17-14(18)15(12-9-10-12,16-13-7-4-8-13)11-5-2-1-3-6-11/h1-3,5-6,12-13,16H,4,7-10H2,(H,17,18). The smallest absolute Gasteiger partial charge is 0.328 e. The summed E-state index contributed by atoms with van der Waals surface area (Å²) < 4.78 is 0. The minimum absolute atomic E-state index is 0.248. The van der Waals surface area contributed by atoms with Crippen molar-refractivity contribution in [3.63, 3.8) is 0 Å². The van der Waals surface area contributed by atoms with Gasteiger partial charge in [-0.15, -0.1) is 0 Å². The zero-order valence-corrected chi connectivity index (χ0v) is 10.4. The monoisotopic (exact) mass is 245 g/mol. The Bertz CT molecular complexity index is 437. The zero-order valence-electron chi connectivity index (χ0n) is 10.4. The van der Waals surface area contributed by atoms with Gasteiger partial charge in [-0.05, 0) is 37.2 Å². The summed E-state index contributed by atoms with van der Waals surface area (Å²) in [6, 6.07) is 10.1. The molecular weight excluding hydrogens is 226 g/mol. The highest BCUT2D eigenvalue weighted by Crippen LogP contribution is 2.47. The van der Waals surface area contributed by atoms with Crippen molar-refractivity contribution >= 4 is 5.97 Å². The van der Waals surface area contributed by atoms with E-state index >= 15 is 0 Å². The van der Waals surface area contributed by atoms with Crippen LogP contribution in [-0.2, 0) is 10.3 Å². The maximum absolute atomic E-state index is 11.9. The van der Waals surface area contributed by atoms with Crippen LogP contribution in [0.15, 0.2) is 30.3 Å². The molecule has 0 saturated heterocycles. The fourth-order valence-electron chi connectivity index (χ4n) is 2.89. The molecule has 0 aliphatic heterocycles. The van der Waals surface area contributed by atoms with Crippen molar-refractivity contribution in [3.05, 3.63) is 35.9 Å². The number of benzene rings is 1. The lowest BCUT2D eigenvalue weighted by Gasteiger charge is -2.39. The van der Waals surface area contributed by atoms with E-state index in [-0.39, 0.29) is 5.92 Å². The highest BCUT2D eigenvalue weighted by molar-refractivity contribution is 5.82. The number of carbonyl (C=O) groups is 1. The van der Waals surface area contributed by atoms with Crippen molar-refractivity contribution < 1.29 is 9.90 Å². The second kappa shape index (κ2) is 4.39. The molecule has 18 heavy (non-hydrogen) atoms. The minimum Gasteiger partial charge on any atom is -0.480 e. The maximum Gasteiger partial charge on any atom is 0.328 e. The van der Waals surface area contributed by atoms with Crippen molar-refractivity contribution in [2.75, 3.05) is 0 Å².